The molecule has 2 rings (SSSR count). The third-order valence-corrected chi connectivity index (χ3v) is 3.91. The van der Waals surface area contributed by atoms with Crippen molar-refractivity contribution in [3.05, 3.63) is 40.9 Å². The van der Waals surface area contributed by atoms with Gasteiger partial charge in [-0.15, -0.1) is 0 Å². The lowest BCUT2D eigenvalue weighted by Crippen LogP contribution is -2.33. The van der Waals surface area contributed by atoms with Gasteiger partial charge in [0.2, 0.25) is 0 Å². The number of nitrogens with one attached hydrogen (secondary N) is 3. The first-order valence-corrected chi connectivity index (χ1v) is 8.75. The molecule has 26 heavy (non-hydrogen) atoms. The molecule has 1 aromatic heterocycles. The Balaban J connectivity index is 2.07. The average Bonchev–Trinajstić information content (AvgIpc) is 3.04. The first-order valence-electron chi connectivity index (χ1n) is 8.37. The van der Waals surface area contributed by atoms with E-state index >= 15 is 0 Å². The number of anilines is 1. The second-order valence-corrected chi connectivity index (χ2v) is 6.48. The number of aromatic nitrogens is 3. The summed E-state index contributed by atoms with van der Waals surface area (Å²) in [5, 5.41) is 12.7. The van der Waals surface area contributed by atoms with E-state index in [-0.39, 0.29) is 18.0 Å². The molecule has 3 amide bonds. The maximum absolute atomic E-state index is 12.3. The Kier molecular flexibility index (Phi) is 6.57. The highest BCUT2D eigenvalue weighted by atomic mass is 35.5. The van der Waals surface area contributed by atoms with Crippen molar-refractivity contribution in [2.24, 2.45) is 0 Å². The largest absolute Gasteiger partial charge is 0.350 e. The van der Waals surface area contributed by atoms with E-state index in [0.29, 0.717) is 28.6 Å². The lowest BCUT2D eigenvalue weighted by molar-refractivity contribution is 0.0943. The van der Waals surface area contributed by atoms with Gasteiger partial charge in [-0.1, -0.05) is 11.6 Å². The Morgan fingerprint density at radius 3 is 2.62 bits per heavy atom. The first kappa shape index (κ1) is 19.7. The molecule has 0 aliphatic rings. The molecule has 0 aliphatic carbocycles. The summed E-state index contributed by atoms with van der Waals surface area (Å²) in [7, 11) is 0. The van der Waals surface area contributed by atoms with Gasteiger partial charge in [-0.2, -0.15) is 5.10 Å². The number of aryl methyl sites for hydroxylation is 1. The number of nitrogens with zero attached hydrogens (tertiary/aromatic N) is 3. The van der Waals surface area contributed by atoms with Crippen LogP contribution >= 0.6 is 11.6 Å². The Hall–Kier alpha value is -2.61. The molecular formula is C17H23ClN6O2. The number of hydrogen-bond acceptors (Lipinski definition) is 4. The molecule has 0 unspecified atom stereocenters. The van der Waals surface area contributed by atoms with Crippen molar-refractivity contribution in [1.82, 2.24) is 25.4 Å². The fourth-order valence-corrected chi connectivity index (χ4v) is 2.54. The predicted molar refractivity (Wildman–Crippen MR) is 100 cm³/mol. The van der Waals surface area contributed by atoms with E-state index in [1.165, 1.54) is 6.33 Å². The molecule has 1 atom stereocenters. The highest BCUT2D eigenvalue weighted by Gasteiger charge is 2.16. The normalized spacial score (nSPS) is 11.9. The van der Waals surface area contributed by atoms with Gasteiger partial charge < -0.3 is 16.0 Å². The molecule has 0 aliphatic heterocycles. The quantitative estimate of drug-likeness (QED) is 0.719. The third kappa shape index (κ3) is 4.95. The summed E-state index contributed by atoms with van der Waals surface area (Å²) >= 11 is 6.13. The minimum Gasteiger partial charge on any atom is -0.350 e. The molecule has 2 aromatic rings. The minimum absolute atomic E-state index is 0.00894. The summed E-state index contributed by atoms with van der Waals surface area (Å²) in [5.74, 6) is 0.420. The van der Waals surface area contributed by atoms with E-state index < -0.39 is 6.03 Å². The number of hydrogen-bond donors (Lipinski definition) is 3. The molecule has 140 valence electrons. The third-order valence-electron chi connectivity index (χ3n) is 3.58. The molecule has 0 spiro atoms. The summed E-state index contributed by atoms with van der Waals surface area (Å²) in [6, 6.07) is 3.93. The number of urea groups is 1. The molecule has 1 aromatic carbocycles. The van der Waals surface area contributed by atoms with E-state index in [1.807, 2.05) is 27.7 Å². The molecule has 0 saturated heterocycles. The highest BCUT2D eigenvalue weighted by Crippen LogP contribution is 2.23. The SMILES string of the molecule is CCn1ncnc1[C@@H](C)NC(=O)Nc1cc(C(=O)NC(C)C)ccc1Cl. The number of carbonyl (C=O) groups is 2. The van der Waals surface area contributed by atoms with Crippen LogP contribution in [0.2, 0.25) is 5.02 Å². The monoisotopic (exact) mass is 378 g/mol. The molecule has 0 saturated carbocycles. The van der Waals surface area contributed by atoms with E-state index in [9.17, 15) is 9.59 Å². The van der Waals surface area contributed by atoms with Crippen molar-refractivity contribution in [2.45, 2.75) is 46.3 Å². The van der Waals surface area contributed by atoms with Crippen molar-refractivity contribution in [2.75, 3.05) is 5.32 Å². The van der Waals surface area contributed by atoms with E-state index in [0.717, 1.165) is 0 Å². The Bertz CT molecular complexity index is 789. The van der Waals surface area contributed by atoms with Crippen LogP contribution in [0.1, 0.15) is 49.9 Å². The first-order chi connectivity index (χ1) is 12.3. The van der Waals surface area contributed by atoms with Crippen LogP contribution in [0.3, 0.4) is 0 Å². The lowest BCUT2D eigenvalue weighted by atomic mass is 10.1. The van der Waals surface area contributed by atoms with E-state index in [2.05, 4.69) is 26.0 Å². The molecule has 0 fully saturated rings. The topological polar surface area (TPSA) is 101 Å². The van der Waals surface area contributed by atoms with Gasteiger partial charge in [0, 0.05) is 18.2 Å². The molecule has 0 bridgehead atoms. The summed E-state index contributed by atoms with van der Waals surface area (Å²) in [5.41, 5.74) is 0.766. The molecule has 1 heterocycles. The van der Waals surface area contributed by atoms with Gasteiger partial charge in [0.1, 0.15) is 12.2 Å². The molecule has 3 N–H and O–H groups in total. The van der Waals surface area contributed by atoms with Crippen LogP contribution in [0.5, 0.6) is 0 Å². The number of halogens is 1. The fraction of sp³-hybridized carbons (Fsp3) is 0.412. The number of carbonyl (C=O) groups excluding carboxylic acids is 2. The van der Waals surface area contributed by atoms with Crippen molar-refractivity contribution < 1.29 is 9.59 Å². The van der Waals surface area contributed by atoms with Crippen LogP contribution in [0.15, 0.2) is 24.5 Å². The maximum atomic E-state index is 12.3. The number of rotatable bonds is 6. The van der Waals surface area contributed by atoms with Crippen molar-refractivity contribution in [1.29, 1.82) is 0 Å². The van der Waals surface area contributed by atoms with Crippen molar-refractivity contribution in [3.8, 4) is 0 Å². The average molecular weight is 379 g/mol. The zero-order chi connectivity index (χ0) is 19.3. The number of amides is 3. The van der Waals surface area contributed by atoms with Gasteiger partial charge in [-0.25, -0.2) is 14.5 Å². The van der Waals surface area contributed by atoms with Crippen LogP contribution < -0.4 is 16.0 Å². The van der Waals surface area contributed by atoms with Crippen LogP contribution in [-0.4, -0.2) is 32.7 Å². The number of benzene rings is 1. The second kappa shape index (κ2) is 8.66. The molecule has 8 nitrogen and oxygen atoms in total. The van der Waals surface area contributed by atoms with E-state index in [4.69, 9.17) is 11.6 Å². The van der Waals surface area contributed by atoms with Gasteiger partial charge in [0.25, 0.3) is 5.91 Å². The fourth-order valence-electron chi connectivity index (χ4n) is 2.38. The molecular weight excluding hydrogens is 356 g/mol. The molecule has 9 heteroatoms. The molecule has 0 radical (unpaired) electrons. The van der Waals surface area contributed by atoms with Gasteiger partial charge in [-0.3, -0.25) is 4.79 Å². The summed E-state index contributed by atoms with van der Waals surface area (Å²) in [4.78, 5) is 28.6. The smallest absolute Gasteiger partial charge is 0.319 e. The van der Waals surface area contributed by atoms with Crippen LogP contribution in [-0.2, 0) is 6.54 Å². The maximum Gasteiger partial charge on any atom is 0.319 e. The Morgan fingerprint density at radius 2 is 1.96 bits per heavy atom. The van der Waals surface area contributed by atoms with E-state index in [1.54, 1.807) is 22.9 Å². The van der Waals surface area contributed by atoms with Gasteiger partial charge in [-0.05, 0) is 45.9 Å². The summed E-state index contributed by atoms with van der Waals surface area (Å²) < 4.78 is 1.70. The minimum atomic E-state index is -0.452. The zero-order valence-corrected chi connectivity index (χ0v) is 16.0. The lowest BCUT2D eigenvalue weighted by Gasteiger charge is -2.16. The summed E-state index contributed by atoms with van der Waals surface area (Å²) in [6.07, 6.45) is 1.45. The second-order valence-electron chi connectivity index (χ2n) is 6.08. The van der Waals surface area contributed by atoms with Gasteiger partial charge in [0.15, 0.2) is 0 Å². The highest BCUT2D eigenvalue weighted by molar-refractivity contribution is 6.33. The summed E-state index contributed by atoms with van der Waals surface area (Å²) in [6.45, 7) is 8.15. The Labute approximate surface area is 157 Å². The van der Waals surface area contributed by atoms with Gasteiger partial charge >= 0.3 is 6.03 Å². The standard InChI is InChI=1S/C17H23ClN6O2/c1-5-24-15(19-9-20-24)11(4)22-17(26)23-14-8-12(6-7-13(14)18)16(25)21-10(2)3/h6-11H,5H2,1-4H3,(H,21,25)(H2,22,23,26)/t11-/m1/s1. The van der Waals surface area contributed by atoms with Gasteiger partial charge in [0.05, 0.1) is 16.8 Å². The Morgan fingerprint density at radius 1 is 1.23 bits per heavy atom. The van der Waals surface area contributed by atoms with Crippen molar-refractivity contribution >= 4 is 29.2 Å². The van der Waals surface area contributed by atoms with Crippen molar-refractivity contribution in [3.63, 3.8) is 0 Å². The zero-order valence-electron chi connectivity index (χ0n) is 15.2. The van der Waals surface area contributed by atoms with Crippen LogP contribution in [0.25, 0.3) is 0 Å². The predicted octanol–water partition coefficient (Wildman–Crippen LogP) is 2.97. The van der Waals surface area contributed by atoms with Crippen LogP contribution in [0, 0.1) is 0 Å². The van der Waals surface area contributed by atoms with Crippen LogP contribution in [0.4, 0.5) is 10.5 Å².